The molecule has 4 heteroatoms. The summed E-state index contributed by atoms with van der Waals surface area (Å²) in [6.45, 7) is 5.56. The van der Waals surface area contributed by atoms with Crippen LogP contribution in [-0.2, 0) is 4.79 Å². The van der Waals surface area contributed by atoms with E-state index in [1.165, 1.54) is 0 Å². The van der Waals surface area contributed by atoms with Gasteiger partial charge in [-0.05, 0) is 50.9 Å². The average molecular weight is 306 g/mol. The Labute approximate surface area is 134 Å². The Balaban J connectivity index is 2.59. The fourth-order valence-corrected chi connectivity index (χ4v) is 2.67. The normalized spacial score (nSPS) is 12.0. The molecule has 0 saturated carbocycles. The maximum absolute atomic E-state index is 12.4. The summed E-state index contributed by atoms with van der Waals surface area (Å²) in [6, 6.07) is 8.00. The largest absolute Gasteiger partial charge is 0.497 e. The van der Waals surface area contributed by atoms with Crippen LogP contribution >= 0.6 is 0 Å². The molecule has 1 unspecified atom stereocenters. The molecular weight excluding hydrogens is 276 g/mol. The van der Waals surface area contributed by atoms with Crippen LogP contribution in [0.2, 0.25) is 0 Å². The van der Waals surface area contributed by atoms with E-state index >= 15 is 0 Å². The molecule has 0 radical (unpaired) electrons. The van der Waals surface area contributed by atoms with E-state index in [0.29, 0.717) is 6.42 Å². The van der Waals surface area contributed by atoms with Gasteiger partial charge in [0, 0.05) is 13.0 Å². The molecule has 0 spiro atoms. The number of benzene rings is 1. The van der Waals surface area contributed by atoms with Crippen molar-refractivity contribution in [2.75, 3.05) is 20.2 Å². The van der Waals surface area contributed by atoms with Gasteiger partial charge in [-0.3, -0.25) is 4.79 Å². The Morgan fingerprint density at radius 3 is 2.64 bits per heavy atom. The molecular formula is C18H30N2O2. The zero-order chi connectivity index (χ0) is 16.4. The molecule has 2 N–H and O–H groups in total. The van der Waals surface area contributed by atoms with E-state index in [2.05, 4.69) is 6.92 Å². The number of unbranched alkanes of at least 4 members (excludes halogenated alkanes) is 3. The van der Waals surface area contributed by atoms with Crippen LogP contribution in [0.25, 0.3) is 0 Å². The zero-order valence-corrected chi connectivity index (χ0v) is 14.2. The molecule has 0 aliphatic carbocycles. The van der Waals surface area contributed by atoms with E-state index < -0.39 is 0 Å². The van der Waals surface area contributed by atoms with Gasteiger partial charge in [-0.15, -0.1) is 0 Å². The van der Waals surface area contributed by atoms with Crippen LogP contribution in [0.4, 0.5) is 0 Å². The Bertz CT molecular complexity index is 448. The van der Waals surface area contributed by atoms with Crippen molar-refractivity contribution in [3.8, 4) is 5.75 Å². The molecule has 1 atom stereocenters. The second-order valence-corrected chi connectivity index (χ2v) is 5.59. The minimum absolute atomic E-state index is 0.0663. The summed E-state index contributed by atoms with van der Waals surface area (Å²) in [7, 11) is 1.66. The highest BCUT2D eigenvalue weighted by Crippen LogP contribution is 2.24. The standard InChI is InChI=1S/C18H30N2O2/c1-4-20(18(21)12-7-5-6-8-13-19)15(2)16-10-9-11-17(14-16)22-3/h9-11,14-15H,4-8,12-13,19H2,1-3H3. The minimum atomic E-state index is 0.0663. The molecule has 0 saturated heterocycles. The van der Waals surface area contributed by atoms with Crippen molar-refractivity contribution < 1.29 is 9.53 Å². The van der Waals surface area contributed by atoms with Crippen molar-refractivity contribution in [1.29, 1.82) is 0 Å². The van der Waals surface area contributed by atoms with Gasteiger partial charge in [-0.1, -0.05) is 25.0 Å². The molecule has 22 heavy (non-hydrogen) atoms. The SMILES string of the molecule is CCN(C(=O)CCCCCCN)C(C)c1cccc(OC)c1. The lowest BCUT2D eigenvalue weighted by Crippen LogP contribution is -2.33. The molecule has 0 aliphatic heterocycles. The number of nitrogens with zero attached hydrogens (tertiary/aromatic N) is 1. The third-order valence-electron chi connectivity index (χ3n) is 4.05. The summed E-state index contributed by atoms with van der Waals surface area (Å²) in [5.41, 5.74) is 6.59. The van der Waals surface area contributed by atoms with Gasteiger partial charge in [0.15, 0.2) is 0 Å². The highest BCUT2D eigenvalue weighted by atomic mass is 16.5. The third-order valence-corrected chi connectivity index (χ3v) is 4.05. The molecule has 0 bridgehead atoms. The lowest BCUT2D eigenvalue weighted by molar-refractivity contribution is -0.133. The monoisotopic (exact) mass is 306 g/mol. The molecule has 124 valence electrons. The lowest BCUT2D eigenvalue weighted by atomic mass is 10.1. The Kier molecular flexibility index (Phi) is 8.60. The maximum Gasteiger partial charge on any atom is 0.223 e. The first-order valence-electron chi connectivity index (χ1n) is 8.27. The maximum atomic E-state index is 12.4. The number of carbonyl (C=O) groups is 1. The lowest BCUT2D eigenvalue weighted by Gasteiger charge is -2.29. The van der Waals surface area contributed by atoms with Crippen molar-refractivity contribution in [2.24, 2.45) is 5.73 Å². The van der Waals surface area contributed by atoms with E-state index in [4.69, 9.17) is 10.5 Å². The number of ether oxygens (including phenoxy) is 1. The molecule has 0 heterocycles. The number of amides is 1. The van der Waals surface area contributed by atoms with E-state index in [9.17, 15) is 4.79 Å². The number of methoxy groups -OCH3 is 1. The molecule has 1 aromatic rings. The van der Waals surface area contributed by atoms with Crippen molar-refractivity contribution in [3.05, 3.63) is 29.8 Å². The van der Waals surface area contributed by atoms with Gasteiger partial charge in [-0.2, -0.15) is 0 Å². The molecule has 1 rings (SSSR count). The van der Waals surface area contributed by atoms with Crippen LogP contribution in [0, 0.1) is 0 Å². The number of nitrogens with two attached hydrogens (primary N) is 1. The molecule has 0 aromatic heterocycles. The van der Waals surface area contributed by atoms with Crippen LogP contribution in [0.1, 0.15) is 57.6 Å². The number of hydrogen-bond acceptors (Lipinski definition) is 3. The molecule has 4 nitrogen and oxygen atoms in total. The number of carbonyl (C=O) groups excluding carboxylic acids is 1. The van der Waals surface area contributed by atoms with Crippen molar-refractivity contribution in [3.63, 3.8) is 0 Å². The van der Waals surface area contributed by atoms with Gasteiger partial charge in [0.1, 0.15) is 5.75 Å². The Hall–Kier alpha value is -1.55. The molecule has 0 fully saturated rings. The molecule has 1 amide bonds. The smallest absolute Gasteiger partial charge is 0.223 e. The van der Waals surface area contributed by atoms with Crippen molar-refractivity contribution in [2.45, 2.75) is 52.0 Å². The van der Waals surface area contributed by atoms with Gasteiger partial charge in [-0.25, -0.2) is 0 Å². The van der Waals surface area contributed by atoms with Crippen LogP contribution < -0.4 is 10.5 Å². The second kappa shape index (κ2) is 10.2. The van der Waals surface area contributed by atoms with Gasteiger partial charge in [0.25, 0.3) is 0 Å². The number of hydrogen-bond donors (Lipinski definition) is 1. The topological polar surface area (TPSA) is 55.6 Å². The fourth-order valence-electron chi connectivity index (χ4n) is 2.67. The van der Waals surface area contributed by atoms with Gasteiger partial charge >= 0.3 is 0 Å². The summed E-state index contributed by atoms with van der Waals surface area (Å²) in [5, 5.41) is 0. The van der Waals surface area contributed by atoms with Crippen molar-refractivity contribution >= 4 is 5.91 Å². The molecule has 1 aromatic carbocycles. The van der Waals surface area contributed by atoms with Gasteiger partial charge in [0.05, 0.1) is 13.2 Å². The first-order valence-corrected chi connectivity index (χ1v) is 8.27. The van der Waals surface area contributed by atoms with Crippen molar-refractivity contribution in [1.82, 2.24) is 4.90 Å². The van der Waals surface area contributed by atoms with Crippen LogP contribution in [0.5, 0.6) is 5.75 Å². The highest BCUT2D eigenvalue weighted by Gasteiger charge is 2.19. The number of rotatable bonds is 10. The van der Waals surface area contributed by atoms with Gasteiger partial charge < -0.3 is 15.4 Å². The quantitative estimate of drug-likeness (QED) is 0.673. The summed E-state index contributed by atoms with van der Waals surface area (Å²) in [5.74, 6) is 1.06. The van der Waals surface area contributed by atoms with Crippen LogP contribution in [0.15, 0.2) is 24.3 Å². The van der Waals surface area contributed by atoms with Crippen LogP contribution in [0.3, 0.4) is 0 Å². The van der Waals surface area contributed by atoms with Crippen LogP contribution in [-0.4, -0.2) is 31.0 Å². The molecule has 0 aliphatic rings. The first-order chi connectivity index (χ1) is 10.6. The predicted octanol–water partition coefficient (Wildman–Crippen LogP) is 3.51. The third kappa shape index (κ3) is 5.68. The highest BCUT2D eigenvalue weighted by molar-refractivity contribution is 5.76. The fraction of sp³-hybridized carbons (Fsp3) is 0.611. The van der Waals surface area contributed by atoms with E-state index in [1.807, 2.05) is 36.1 Å². The average Bonchev–Trinajstić information content (AvgIpc) is 2.55. The van der Waals surface area contributed by atoms with E-state index in [-0.39, 0.29) is 11.9 Å². The zero-order valence-electron chi connectivity index (χ0n) is 14.2. The Morgan fingerprint density at radius 1 is 1.27 bits per heavy atom. The summed E-state index contributed by atoms with van der Waals surface area (Å²) >= 11 is 0. The summed E-state index contributed by atoms with van der Waals surface area (Å²) in [6.07, 6.45) is 4.80. The van der Waals surface area contributed by atoms with E-state index in [1.54, 1.807) is 7.11 Å². The second-order valence-electron chi connectivity index (χ2n) is 5.59. The van der Waals surface area contributed by atoms with E-state index in [0.717, 1.165) is 50.1 Å². The Morgan fingerprint density at radius 2 is 2.00 bits per heavy atom. The summed E-state index contributed by atoms with van der Waals surface area (Å²) < 4.78 is 5.27. The first kappa shape index (κ1) is 18.5. The summed E-state index contributed by atoms with van der Waals surface area (Å²) in [4.78, 5) is 14.4. The van der Waals surface area contributed by atoms with Gasteiger partial charge in [0.2, 0.25) is 5.91 Å². The predicted molar refractivity (Wildman–Crippen MR) is 90.9 cm³/mol. The minimum Gasteiger partial charge on any atom is -0.497 e.